The van der Waals surface area contributed by atoms with Crippen LogP contribution in [0.5, 0.6) is 0 Å². The molecule has 0 saturated heterocycles. The van der Waals surface area contributed by atoms with E-state index in [2.05, 4.69) is 26.8 Å². The molecule has 0 radical (unpaired) electrons. The third-order valence-electron chi connectivity index (χ3n) is 9.15. The van der Waals surface area contributed by atoms with Crippen LogP contribution in [-0.4, -0.2) is 12.1 Å². The Morgan fingerprint density at radius 3 is 2.60 bits per heavy atom. The summed E-state index contributed by atoms with van der Waals surface area (Å²) in [6, 6.07) is 0. The van der Waals surface area contributed by atoms with E-state index in [0.717, 1.165) is 36.5 Å². The molecule has 0 aromatic heterocycles. The van der Waals surface area contributed by atoms with Gasteiger partial charge in [-0.3, -0.25) is 4.79 Å². The summed E-state index contributed by atoms with van der Waals surface area (Å²) in [5.41, 5.74) is 2.73. The third kappa shape index (κ3) is 2.61. The van der Waals surface area contributed by atoms with Crippen LogP contribution in [0.1, 0.15) is 85.5 Å². The topological polar surface area (TPSA) is 26.3 Å². The summed E-state index contributed by atoms with van der Waals surface area (Å²) < 4.78 is 5.59. The van der Waals surface area contributed by atoms with Crippen molar-refractivity contribution in [1.29, 1.82) is 0 Å². The zero-order chi connectivity index (χ0) is 17.8. The van der Waals surface area contributed by atoms with Gasteiger partial charge in [0.1, 0.15) is 6.10 Å². The maximum atomic E-state index is 11.4. The van der Waals surface area contributed by atoms with E-state index >= 15 is 0 Å². The molecule has 0 bridgehead atoms. The molecule has 2 heteroatoms. The fourth-order valence-electron chi connectivity index (χ4n) is 7.88. The number of rotatable bonds is 1. The van der Waals surface area contributed by atoms with Crippen LogP contribution in [0.2, 0.25) is 0 Å². The molecule has 0 unspecified atom stereocenters. The summed E-state index contributed by atoms with van der Waals surface area (Å²) in [7, 11) is 0. The van der Waals surface area contributed by atoms with Crippen molar-refractivity contribution in [3.8, 4) is 0 Å². The first-order valence-electron chi connectivity index (χ1n) is 10.7. The zero-order valence-corrected chi connectivity index (χ0v) is 16.6. The lowest BCUT2D eigenvalue weighted by Crippen LogP contribution is -2.53. The summed E-state index contributed by atoms with van der Waals surface area (Å²) in [4.78, 5) is 11.4. The van der Waals surface area contributed by atoms with Gasteiger partial charge >= 0.3 is 5.97 Å². The highest BCUT2D eigenvalue weighted by Gasteiger charge is 2.59. The minimum atomic E-state index is -0.0967. The van der Waals surface area contributed by atoms with Crippen LogP contribution in [0.15, 0.2) is 11.6 Å². The van der Waals surface area contributed by atoms with Crippen molar-refractivity contribution in [2.24, 2.45) is 34.5 Å². The first-order chi connectivity index (χ1) is 11.9. The lowest BCUT2D eigenvalue weighted by molar-refractivity contribution is -0.158. The van der Waals surface area contributed by atoms with Gasteiger partial charge in [0.25, 0.3) is 0 Å². The second-order valence-corrected chi connectivity index (χ2v) is 9.97. The summed E-state index contributed by atoms with van der Waals surface area (Å²) in [6.07, 6.45) is 14.4. The molecule has 4 aliphatic carbocycles. The minimum Gasteiger partial charge on any atom is -0.463 e. The molecule has 25 heavy (non-hydrogen) atoms. The Kier molecular flexibility index (Phi) is 4.32. The Hall–Kier alpha value is -0.790. The van der Waals surface area contributed by atoms with Crippen molar-refractivity contribution in [2.75, 3.05) is 0 Å². The standard InChI is InChI=1S/C23H36O2/c1-5-16-7-9-20-19-8-6-17-14-18(25-15(2)24)10-12-23(17,4)21(19)11-13-22(16,20)3/h5,17-21H,6-14H2,1-4H3/b16-5+/t17-,18-,19+,20-,21+,22-,23-/m0/s1. The number of carbonyl (C=O) groups is 1. The molecule has 0 heterocycles. The fraction of sp³-hybridized carbons (Fsp3) is 0.870. The van der Waals surface area contributed by atoms with Crippen LogP contribution in [0.3, 0.4) is 0 Å². The quantitative estimate of drug-likeness (QED) is 0.437. The van der Waals surface area contributed by atoms with Crippen molar-refractivity contribution in [3.63, 3.8) is 0 Å². The Labute approximate surface area is 153 Å². The molecule has 0 amide bonds. The van der Waals surface area contributed by atoms with Gasteiger partial charge in [-0.05, 0) is 99.2 Å². The number of carbonyl (C=O) groups excluding carboxylic acids is 1. The van der Waals surface area contributed by atoms with E-state index in [-0.39, 0.29) is 12.1 Å². The van der Waals surface area contributed by atoms with Gasteiger partial charge in [-0.2, -0.15) is 0 Å². The SMILES string of the molecule is C/C=C1\CC[C@H]2[C@H]3CC[C@H]4C[C@@H](OC(C)=O)CC[C@]4(C)[C@@H]3CC[C@@]12C. The fourth-order valence-corrected chi connectivity index (χ4v) is 7.88. The molecule has 4 saturated carbocycles. The van der Waals surface area contributed by atoms with Crippen molar-refractivity contribution >= 4 is 5.97 Å². The summed E-state index contributed by atoms with van der Waals surface area (Å²) >= 11 is 0. The Morgan fingerprint density at radius 2 is 1.88 bits per heavy atom. The van der Waals surface area contributed by atoms with E-state index < -0.39 is 0 Å². The van der Waals surface area contributed by atoms with Crippen LogP contribution in [0.4, 0.5) is 0 Å². The van der Waals surface area contributed by atoms with Gasteiger partial charge in [0.05, 0.1) is 0 Å². The highest BCUT2D eigenvalue weighted by atomic mass is 16.5. The predicted octanol–water partition coefficient (Wildman–Crippen LogP) is 5.91. The van der Waals surface area contributed by atoms with Crippen molar-refractivity contribution in [1.82, 2.24) is 0 Å². The van der Waals surface area contributed by atoms with E-state index in [4.69, 9.17) is 4.74 Å². The van der Waals surface area contributed by atoms with Crippen molar-refractivity contribution in [3.05, 3.63) is 11.6 Å². The summed E-state index contributed by atoms with van der Waals surface area (Å²) in [5.74, 6) is 3.42. The van der Waals surface area contributed by atoms with Crippen LogP contribution in [0.25, 0.3) is 0 Å². The van der Waals surface area contributed by atoms with E-state index in [9.17, 15) is 4.79 Å². The number of fused-ring (bicyclic) bond motifs is 5. The van der Waals surface area contributed by atoms with Gasteiger partial charge in [-0.1, -0.05) is 25.5 Å². The third-order valence-corrected chi connectivity index (χ3v) is 9.15. The molecule has 140 valence electrons. The zero-order valence-electron chi connectivity index (χ0n) is 16.6. The van der Waals surface area contributed by atoms with Gasteiger partial charge in [0.15, 0.2) is 0 Å². The van der Waals surface area contributed by atoms with Crippen LogP contribution in [0, 0.1) is 34.5 Å². The molecule has 4 aliphatic rings. The number of esters is 1. The van der Waals surface area contributed by atoms with Gasteiger partial charge < -0.3 is 4.74 Å². The lowest BCUT2D eigenvalue weighted by Gasteiger charge is -2.60. The molecule has 0 spiro atoms. The van der Waals surface area contributed by atoms with E-state index in [1.54, 1.807) is 12.5 Å². The molecule has 7 atom stereocenters. The van der Waals surface area contributed by atoms with Crippen LogP contribution in [-0.2, 0) is 9.53 Å². The molecule has 4 rings (SSSR count). The monoisotopic (exact) mass is 344 g/mol. The average Bonchev–Trinajstić information content (AvgIpc) is 2.91. The van der Waals surface area contributed by atoms with Gasteiger partial charge in [0, 0.05) is 6.92 Å². The second kappa shape index (κ2) is 6.13. The second-order valence-electron chi connectivity index (χ2n) is 9.97. The van der Waals surface area contributed by atoms with Crippen LogP contribution < -0.4 is 0 Å². The van der Waals surface area contributed by atoms with Gasteiger partial charge in [-0.25, -0.2) is 0 Å². The maximum absolute atomic E-state index is 11.4. The van der Waals surface area contributed by atoms with Crippen molar-refractivity contribution < 1.29 is 9.53 Å². The molecule has 4 fully saturated rings. The average molecular weight is 345 g/mol. The molecular formula is C23H36O2. The van der Waals surface area contributed by atoms with E-state index in [1.807, 2.05) is 0 Å². The summed E-state index contributed by atoms with van der Waals surface area (Å²) in [6.45, 7) is 8.98. The van der Waals surface area contributed by atoms with Crippen LogP contribution >= 0.6 is 0 Å². The maximum Gasteiger partial charge on any atom is 0.302 e. The van der Waals surface area contributed by atoms with Crippen molar-refractivity contribution in [2.45, 2.75) is 91.6 Å². The van der Waals surface area contributed by atoms with Gasteiger partial charge in [0.2, 0.25) is 0 Å². The number of allylic oxidation sites excluding steroid dienone is 2. The lowest BCUT2D eigenvalue weighted by atomic mass is 9.45. The van der Waals surface area contributed by atoms with E-state index in [0.29, 0.717) is 10.8 Å². The molecule has 2 nitrogen and oxygen atoms in total. The molecule has 0 aromatic carbocycles. The smallest absolute Gasteiger partial charge is 0.302 e. The number of ether oxygens (including phenoxy) is 1. The largest absolute Gasteiger partial charge is 0.463 e. The predicted molar refractivity (Wildman–Crippen MR) is 101 cm³/mol. The molecule has 0 aliphatic heterocycles. The normalized spacial score (nSPS) is 50.7. The number of hydrogen-bond donors (Lipinski definition) is 0. The van der Waals surface area contributed by atoms with Gasteiger partial charge in [-0.15, -0.1) is 0 Å². The highest BCUT2D eigenvalue weighted by molar-refractivity contribution is 5.66. The Balaban J connectivity index is 1.55. The molecule has 0 aromatic rings. The molecule has 0 N–H and O–H groups in total. The summed E-state index contributed by atoms with van der Waals surface area (Å²) in [5, 5.41) is 0. The highest BCUT2D eigenvalue weighted by Crippen LogP contribution is 2.67. The first-order valence-corrected chi connectivity index (χ1v) is 10.7. The first kappa shape index (κ1) is 17.6. The minimum absolute atomic E-state index is 0.0967. The van der Waals surface area contributed by atoms with E-state index in [1.165, 1.54) is 44.9 Å². The Morgan fingerprint density at radius 1 is 1.08 bits per heavy atom. The number of hydrogen-bond acceptors (Lipinski definition) is 2. The molecular weight excluding hydrogens is 308 g/mol. The Bertz CT molecular complexity index is 579.